The number of hydrogen-bond donors (Lipinski definition) is 1. The lowest BCUT2D eigenvalue weighted by Crippen LogP contribution is -2.24. The lowest BCUT2D eigenvalue weighted by molar-refractivity contribution is 0.543. The van der Waals surface area contributed by atoms with Crippen LogP contribution in [-0.2, 0) is 13.5 Å². The van der Waals surface area contributed by atoms with Crippen LogP contribution in [0.3, 0.4) is 0 Å². The second kappa shape index (κ2) is 6.18. The Labute approximate surface area is 121 Å². The number of nitrogens with one attached hydrogen (secondary N) is 1. The predicted octanol–water partition coefficient (Wildman–Crippen LogP) is 2.63. The van der Waals surface area contributed by atoms with Crippen LogP contribution in [0.4, 0.5) is 0 Å². The van der Waals surface area contributed by atoms with Crippen LogP contribution in [0, 0.1) is 20.8 Å². The highest BCUT2D eigenvalue weighted by molar-refractivity contribution is 5.31. The topological polar surface area (TPSA) is 42.7 Å². The van der Waals surface area contributed by atoms with Gasteiger partial charge in [-0.1, -0.05) is 6.92 Å². The second-order valence-corrected chi connectivity index (χ2v) is 5.32. The van der Waals surface area contributed by atoms with Gasteiger partial charge in [0.25, 0.3) is 0 Å². The van der Waals surface area contributed by atoms with Crippen molar-refractivity contribution in [1.29, 1.82) is 0 Å². The summed E-state index contributed by atoms with van der Waals surface area (Å²) in [4.78, 5) is 4.28. The van der Waals surface area contributed by atoms with E-state index in [1.54, 1.807) is 0 Å². The zero-order chi connectivity index (χ0) is 14.7. The molecule has 4 heteroatoms. The molecule has 2 aromatic heterocycles. The van der Waals surface area contributed by atoms with Crippen LogP contribution < -0.4 is 5.32 Å². The molecule has 0 aliphatic rings. The molecule has 2 rings (SSSR count). The number of hydrogen-bond acceptors (Lipinski definition) is 3. The van der Waals surface area contributed by atoms with E-state index in [1.165, 1.54) is 22.4 Å². The molecule has 0 aliphatic heterocycles. The minimum atomic E-state index is 0.287. The lowest BCUT2D eigenvalue weighted by atomic mass is 9.96. The highest BCUT2D eigenvalue weighted by Crippen LogP contribution is 2.24. The zero-order valence-corrected chi connectivity index (χ0v) is 13.1. The van der Waals surface area contributed by atoms with Crippen molar-refractivity contribution in [3.63, 3.8) is 0 Å². The molecule has 1 atom stereocenters. The van der Waals surface area contributed by atoms with Crippen molar-refractivity contribution < 1.29 is 0 Å². The van der Waals surface area contributed by atoms with Crippen LogP contribution in [0.2, 0.25) is 0 Å². The third-order valence-electron chi connectivity index (χ3n) is 3.97. The Bertz CT molecular complexity index is 586. The Morgan fingerprint density at radius 1 is 1.30 bits per heavy atom. The molecule has 1 unspecified atom stereocenters. The maximum Gasteiger partial charge on any atom is 0.0629 e. The quantitative estimate of drug-likeness (QED) is 0.910. The first-order valence-electron chi connectivity index (χ1n) is 7.17. The fourth-order valence-corrected chi connectivity index (χ4v) is 2.70. The summed E-state index contributed by atoms with van der Waals surface area (Å²) in [5, 5.41) is 8.09. The average Bonchev–Trinajstić information content (AvgIpc) is 2.65. The first-order valence-corrected chi connectivity index (χ1v) is 7.17. The molecule has 0 amide bonds. The standard InChI is InChI=1S/C16H24N4/c1-6-18-16(15-10-17-8-7-11(15)2)9-14-12(3)19-20(5)13(14)4/h7-8,10,16,18H,6,9H2,1-5H3. The zero-order valence-electron chi connectivity index (χ0n) is 13.1. The summed E-state index contributed by atoms with van der Waals surface area (Å²) in [6.45, 7) is 9.44. The average molecular weight is 272 g/mol. The van der Waals surface area contributed by atoms with E-state index in [-0.39, 0.29) is 6.04 Å². The van der Waals surface area contributed by atoms with Gasteiger partial charge in [0.05, 0.1) is 5.69 Å². The van der Waals surface area contributed by atoms with Gasteiger partial charge in [-0.3, -0.25) is 9.67 Å². The molecule has 20 heavy (non-hydrogen) atoms. The molecule has 0 radical (unpaired) electrons. The Kier molecular flexibility index (Phi) is 4.55. The van der Waals surface area contributed by atoms with E-state index < -0.39 is 0 Å². The second-order valence-electron chi connectivity index (χ2n) is 5.32. The van der Waals surface area contributed by atoms with Crippen molar-refractivity contribution in [2.75, 3.05) is 6.54 Å². The molecule has 2 heterocycles. The maximum absolute atomic E-state index is 4.51. The van der Waals surface area contributed by atoms with Crippen LogP contribution in [0.25, 0.3) is 0 Å². The van der Waals surface area contributed by atoms with Gasteiger partial charge in [0, 0.05) is 31.2 Å². The van der Waals surface area contributed by atoms with Gasteiger partial charge in [0.2, 0.25) is 0 Å². The van der Waals surface area contributed by atoms with Gasteiger partial charge in [-0.15, -0.1) is 0 Å². The summed E-state index contributed by atoms with van der Waals surface area (Å²) in [7, 11) is 2.00. The van der Waals surface area contributed by atoms with Crippen molar-refractivity contribution in [2.24, 2.45) is 7.05 Å². The molecule has 0 saturated heterocycles. The van der Waals surface area contributed by atoms with E-state index in [9.17, 15) is 0 Å². The monoisotopic (exact) mass is 272 g/mol. The molecule has 2 aromatic rings. The molecule has 0 spiro atoms. The first-order chi connectivity index (χ1) is 9.54. The molecule has 0 aliphatic carbocycles. The molecular formula is C16H24N4. The van der Waals surface area contributed by atoms with Crippen LogP contribution in [0.1, 0.15) is 41.0 Å². The Morgan fingerprint density at radius 2 is 2.05 bits per heavy atom. The van der Waals surface area contributed by atoms with Gasteiger partial charge in [-0.05, 0) is 56.5 Å². The van der Waals surface area contributed by atoms with E-state index in [0.717, 1.165) is 18.7 Å². The maximum atomic E-state index is 4.51. The SMILES string of the molecule is CCNC(Cc1c(C)nn(C)c1C)c1cnccc1C. The number of likely N-dealkylation sites (N-methyl/N-ethyl adjacent to an activating group) is 1. The van der Waals surface area contributed by atoms with Crippen LogP contribution >= 0.6 is 0 Å². The normalized spacial score (nSPS) is 12.7. The van der Waals surface area contributed by atoms with Gasteiger partial charge in [-0.25, -0.2) is 0 Å². The van der Waals surface area contributed by atoms with Crippen molar-refractivity contribution in [1.82, 2.24) is 20.1 Å². The summed E-state index contributed by atoms with van der Waals surface area (Å²) in [5.74, 6) is 0. The number of aromatic nitrogens is 3. The minimum Gasteiger partial charge on any atom is -0.310 e. The summed E-state index contributed by atoms with van der Waals surface area (Å²) in [6.07, 6.45) is 4.78. The molecule has 4 nitrogen and oxygen atoms in total. The molecule has 0 fully saturated rings. The Balaban J connectivity index is 2.33. The first kappa shape index (κ1) is 14.7. The van der Waals surface area contributed by atoms with Crippen molar-refractivity contribution >= 4 is 0 Å². The van der Waals surface area contributed by atoms with Gasteiger partial charge < -0.3 is 5.32 Å². The van der Waals surface area contributed by atoms with Gasteiger partial charge in [-0.2, -0.15) is 5.10 Å². The Morgan fingerprint density at radius 3 is 2.60 bits per heavy atom. The fraction of sp³-hybridized carbons (Fsp3) is 0.500. The third-order valence-corrected chi connectivity index (χ3v) is 3.97. The molecule has 108 valence electrons. The van der Waals surface area contributed by atoms with Gasteiger partial charge in [0.1, 0.15) is 0 Å². The molecular weight excluding hydrogens is 248 g/mol. The summed E-state index contributed by atoms with van der Waals surface area (Å²) < 4.78 is 1.96. The van der Waals surface area contributed by atoms with Crippen molar-refractivity contribution in [3.05, 3.63) is 46.5 Å². The third kappa shape index (κ3) is 2.90. The predicted molar refractivity (Wildman–Crippen MR) is 81.8 cm³/mol. The number of aryl methyl sites for hydroxylation is 3. The lowest BCUT2D eigenvalue weighted by Gasteiger charge is -2.20. The molecule has 0 bridgehead atoms. The smallest absolute Gasteiger partial charge is 0.0629 e. The highest BCUT2D eigenvalue weighted by atomic mass is 15.3. The van der Waals surface area contributed by atoms with Crippen LogP contribution in [-0.4, -0.2) is 21.3 Å². The number of rotatable bonds is 5. The van der Waals surface area contributed by atoms with E-state index >= 15 is 0 Å². The molecule has 0 aromatic carbocycles. The van der Waals surface area contributed by atoms with Crippen molar-refractivity contribution in [3.8, 4) is 0 Å². The summed E-state index contributed by atoms with van der Waals surface area (Å²) in [5.41, 5.74) is 6.25. The van der Waals surface area contributed by atoms with Crippen molar-refractivity contribution in [2.45, 2.75) is 40.2 Å². The van der Waals surface area contributed by atoms with Crippen LogP contribution in [0.15, 0.2) is 18.5 Å². The van der Waals surface area contributed by atoms with E-state index in [1.807, 2.05) is 24.1 Å². The number of nitrogens with zero attached hydrogens (tertiary/aromatic N) is 3. The highest BCUT2D eigenvalue weighted by Gasteiger charge is 2.18. The van der Waals surface area contributed by atoms with E-state index in [0.29, 0.717) is 0 Å². The summed E-state index contributed by atoms with van der Waals surface area (Å²) >= 11 is 0. The molecule has 1 N–H and O–H groups in total. The fourth-order valence-electron chi connectivity index (χ4n) is 2.70. The van der Waals surface area contributed by atoms with Crippen LogP contribution in [0.5, 0.6) is 0 Å². The summed E-state index contributed by atoms with van der Waals surface area (Å²) in [6, 6.07) is 2.36. The van der Waals surface area contributed by atoms with E-state index in [4.69, 9.17) is 0 Å². The Hall–Kier alpha value is -1.68. The van der Waals surface area contributed by atoms with E-state index in [2.05, 4.69) is 49.2 Å². The molecule has 0 saturated carbocycles. The minimum absolute atomic E-state index is 0.287. The van der Waals surface area contributed by atoms with Gasteiger partial charge >= 0.3 is 0 Å². The van der Waals surface area contributed by atoms with Gasteiger partial charge in [0.15, 0.2) is 0 Å². The number of pyridine rings is 1. The largest absolute Gasteiger partial charge is 0.310 e.